The summed E-state index contributed by atoms with van der Waals surface area (Å²) >= 11 is 0. The van der Waals surface area contributed by atoms with Crippen molar-refractivity contribution in [3.63, 3.8) is 0 Å². The molecule has 5 heteroatoms. The van der Waals surface area contributed by atoms with Gasteiger partial charge in [0.15, 0.2) is 0 Å². The summed E-state index contributed by atoms with van der Waals surface area (Å²) in [7, 11) is -0.377. The molecular weight excluding hydrogens is 219 g/mol. The molecule has 0 spiro atoms. The second kappa shape index (κ2) is 3.72. The molecule has 0 atom stereocenters. The van der Waals surface area contributed by atoms with Crippen molar-refractivity contribution in [2.45, 2.75) is 69.9 Å². The van der Waals surface area contributed by atoms with E-state index in [0.29, 0.717) is 0 Å². The van der Waals surface area contributed by atoms with Gasteiger partial charge in [0.2, 0.25) is 0 Å². The molecule has 0 aromatic carbocycles. The van der Waals surface area contributed by atoms with Gasteiger partial charge in [-0.25, -0.2) is 0 Å². The number of aliphatic carboxylic acids is 1. The van der Waals surface area contributed by atoms with Crippen molar-refractivity contribution in [3.8, 4) is 0 Å². The molecule has 0 aromatic heterocycles. The van der Waals surface area contributed by atoms with Crippen LogP contribution in [0, 0.1) is 0 Å². The monoisotopic (exact) mass is 240 g/mol. The number of carboxylic acid groups (broad SMARTS) is 1. The Bertz CT molecular complexity index is 317. The summed E-state index contributed by atoms with van der Waals surface area (Å²) < 4.78 is 12.0. The van der Waals surface area contributed by atoms with E-state index in [1.54, 1.807) is 0 Å². The average Bonchev–Trinajstić information content (AvgIpc) is 2.28. The first-order valence-corrected chi connectivity index (χ1v) is 6.26. The highest BCUT2D eigenvalue weighted by molar-refractivity contribution is 6.50. The van der Waals surface area contributed by atoms with Crippen LogP contribution in [0.3, 0.4) is 0 Å². The van der Waals surface area contributed by atoms with Crippen molar-refractivity contribution in [1.82, 2.24) is 0 Å². The van der Waals surface area contributed by atoms with E-state index in [1.165, 1.54) is 0 Å². The summed E-state index contributed by atoms with van der Waals surface area (Å²) in [5.41, 5.74) is -0.752. The SMILES string of the molecule is CC1(C)OB(C2(CC(=O)O)CCC2)OC1(C)C. The van der Waals surface area contributed by atoms with Crippen LogP contribution in [-0.2, 0) is 14.1 Å². The summed E-state index contributed by atoms with van der Waals surface area (Å²) in [6.45, 7) is 8.00. The summed E-state index contributed by atoms with van der Waals surface area (Å²) in [6.07, 6.45) is 2.98. The maximum Gasteiger partial charge on any atom is 0.465 e. The fourth-order valence-corrected chi connectivity index (χ4v) is 2.52. The lowest BCUT2D eigenvalue weighted by molar-refractivity contribution is -0.138. The van der Waals surface area contributed by atoms with Gasteiger partial charge in [-0.2, -0.15) is 0 Å². The molecule has 1 saturated carbocycles. The zero-order valence-electron chi connectivity index (χ0n) is 11.1. The summed E-state index contributed by atoms with van der Waals surface area (Å²) in [5, 5.41) is 8.71. The lowest BCUT2D eigenvalue weighted by Crippen LogP contribution is -2.42. The van der Waals surface area contributed by atoms with Crippen LogP contribution in [0.1, 0.15) is 53.4 Å². The molecule has 0 amide bonds. The number of rotatable bonds is 3. The first kappa shape index (κ1) is 12.9. The lowest BCUT2D eigenvalue weighted by atomic mass is 9.45. The van der Waals surface area contributed by atoms with Crippen molar-refractivity contribution < 1.29 is 19.2 Å². The second-order valence-corrected chi connectivity index (χ2v) is 6.37. The first-order chi connectivity index (χ1) is 7.69. The Morgan fingerprint density at radius 2 is 1.65 bits per heavy atom. The van der Waals surface area contributed by atoms with Gasteiger partial charge in [-0.05, 0) is 40.5 Å². The van der Waals surface area contributed by atoms with Crippen LogP contribution in [0.2, 0.25) is 5.31 Å². The Labute approximate surface area is 103 Å². The Kier molecular flexibility index (Phi) is 2.82. The molecule has 0 radical (unpaired) electrons. The van der Waals surface area contributed by atoms with Gasteiger partial charge in [0.25, 0.3) is 0 Å². The number of carboxylic acids is 1. The van der Waals surface area contributed by atoms with Gasteiger partial charge in [-0.1, -0.05) is 6.42 Å². The number of hydrogen-bond acceptors (Lipinski definition) is 3. The van der Waals surface area contributed by atoms with Crippen molar-refractivity contribution in [1.29, 1.82) is 0 Å². The standard InChI is InChI=1S/C12H21BO4/c1-10(2)11(3,4)17-13(16-10)12(6-5-7-12)8-9(14)15/h5-8H2,1-4H3,(H,14,15). The highest BCUT2D eigenvalue weighted by atomic mass is 16.7. The molecule has 1 N–H and O–H groups in total. The zero-order valence-corrected chi connectivity index (χ0v) is 11.1. The fourth-order valence-electron chi connectivity index (χ4n) is 2.52. The summed E-state index contributed by atoms with van der Waals surface area (Å²) in [4.78, 5) is 11.0. The van der Waals surface area contributed by atoms with Gasteiger partial charge in [-0.3, -0.25) is 4.79 Å². The molecule has 2 rings (SSSR count). The fraction of sp³-hybridized carbons (Fsp3) is 0.917. The average molecular weight is 240 g/mol. The first-order valence-electron chi connectivity index (χ1n) is 6.26. The van der Waals surface area contributed by atoms with Gasteiger partial charge in [0.1, 0.15) is 0 Å². The molecular formula is C12H21BO4. The predicted octanol–water partition coefficient (Wildman–Crippen LogP) is 2.48. The Hall–Kier alpha value is -0.545. The van der Waals surface area contributed by atoms with Crippen LogP contribution in [-0.4, -0.2) is 29.4 Å². The van der Waals surface area contributed by atoms with E-state index in [0.717, 1.165) is 19.3 Å². The van der Waals surface area contributed by atoms with Gasteiger partial charge in [-0.15, -0.1) is 0 Å². The van der Waals surface area contributed by atoms with Gasteiger partial charge in [0, 0.05) is 11.7 Å². The number of carbonyl (C=O) groups is 1. The van der Waals surface area contributed by atoms with Crippen molar-refractivity contribution in [3.05, 3.63) is 0 Å². The Morgan fingerprint density at radius 3 is 1.94 bits per heavy atom. The Balaban J connectivity index is 2.16. The smallest absolute Gasteiger partial charge is 0.465 e. The minimum Gasteiger partial charge on any atom is -0.481 e. The zero-order chi connectivity index (χ0) is 12.9. The Morgan fingerprint density at radius 1 is 1.18 bits per heavy atom. The quantitative estimate of drug-likeness (QED) is 0.770. The molecule has 1 saturated heterocycles. The van der Waals surface area contributed by atoms with Crippen LogP contribution in [0.4, 0.5) is 0 Å². The van der Waals surface area contributed by atoms with Crippen LogP contribution >= 0.6 is 0 Å². The normalized spacial score (nSPS) is 28.8. The molecule has 1 aliphatic heterocycles. The molecule has 2 aliphatic rings. The molecule has 0 bridgehead atoms. The molecule has 0 unspecified atom stereocenters. The molecule has 1 heterocycles. The van der Waals surface area contributed by atoms with Gasteiger partial charge < -0.3 is 14.4 Å². The van der Waals surface area contributed by atoms with Crippen LogP contribution < -0.4 is 0 Å². The molecule has 1 aliphatic carbocycles. The largest absolute Gasteiger partial charge is 0.481 e. The van der Waals surface area contributed by atoms with E-state index in [4.69, 9.17) is 14.4 Å². The maximum atomic E-state index is 11.0. The third kappa shape index (κ3) is 1.99. The maximum absolute atomic E-state index is 11.0. The minimum atomic E-state index is -0.764. The predicted molar refractivity (Wildman–Crippen MR) is 64.9 cm³/mol. The third-order valence-electron chi connectivity index (χ3n) is 4.61. The van der Waals surface area contributed by atoms with Crippen molar-refractivity contribution in [2.75, 3.05) is 0 Å². The van der Waals surface area contributed by atoms with E-state index in [-0.39, 0.29) is 30.1 Å². The van der Waals surface area contributed by atoms with Crippen LogP contribution in [0.15, 0.2) is 0 Å². The topological polar surface area (TPSA) is 55.8 Å². The van der Waals surface area contributed by atoms with E-state index in [2.05, 4.69) is 0 Å². The molecule has 2 fully saturated rings. The van der Waals surface area contributed by atoms with Gasteiger partial charge in [0.05, 0.1) is 11.2 Å². The summed E-state index contributed by atoms with van der Waals surface area (Å²) in [5.74, 6) is -0.764. The molecule has 0 aromatic rings. The van der Waals surface area contributed by atoms with Gasteiger partial charge >= 0.3 is 13.1 Å². The summed E-state index contributed by atoms with van der Waals surface area (Å²) in [6, 6.07) is 0. The third-order valence-corrected chi connectivity index (χ3v) is 4.61. The lowest BCUT2D eigenvalue weighted by Gasteiger charge is -2.41. The van der Waals surface area contributed by atoms with E-state index < -0.39 is 5.97 Å². The van der Waals surface area contributed by atoms with E-state index in [9.17, 15) is 4.79 Å². The highest BCUT2D eigenvalue weighted by Crippen LogP contribution is 2.57. The van der Waals surface area contributed by atoms with E-state index >= 15 is 0 Å². The van der Waals surface area contributed by atoms with E-state index in [1.807, 2.05) is 27.7 Å². The number of hydrogen-bond donors (Lipinski definition) is 1. The molecule has 17 heavy (non-hydrogen) atoms. The molecule has 96 valence electrons. The minimum absolute atomic E-state index is 0.143. The highest BCUT2D eigenvalue weighted by Gasteiger charge is 2.61. The second-order valence-electron chi connectivity index (χ2n) is 6.37. The van der Waals surface area contributed by atoms with Crippen LogP contribution in [0.25, 0.3) is 0 Å². The van der Waals surface area contributed by atoms with Crippen LogP contribution in [0.5, 0.6) is 0 Å². The molecule has 4 nitrogen and oxygen atoms in total. The van der Waals surface area contributed by atoms with Crippen molar-refractivity contribution >= 4 is 13.1 Å². The van der Waals surface area contributed by atoms with Crippen molar-refractivity contribution in [2.24, 2.45) is 0 Å².